The van der Waals surface area contributed by atoms with Gasteiger partial charge in [-0.15, -0.1) is 11.3 Å². The third-order valence-corrected chi connectivity index (χ3v) is 5.89. The molecule has 1 aromatic heterocycles. The zero-order valence-electron chi connectivity index (χ0n) is 12.1. The third kappa shape index (κ3) is 3.86. The number of hydrogen-bond donors (Lipinski definition) is 1. The molecule has 0 saturated carbocycles. The van der Waals surface area contributed by atoms with Crippen LogP contribution in [0.1, 0.15) is 35.7 Å². The van der Waals surface area contributed by atoms with Gasteiger partial charge in [0.1, 0.15) is 0 Å². The van der Waals surface area contributed by atoms with Crippen LogP contribution in [-0.2, 0) is 16.0 Å². The van der Waals surface area contributed by atoms with E-state index >= 15 is 0 Å². The van der Waals surface area contributed by atoms with Gasteiger partial charge in [0, 0.05) is 37.0 Å². The number of nitrogens with zero attached hydrogens (tertiary/aromatic N) is 1. The number of aryl methyl sites for hydroxylation is 1. The normalized spacial score (nSPS) is 22.1. The van der Waals surface area contributed by atoms with Crippen LogP contribution in [0.5, 0.6) is 0 Å². The maximum Gasteiger partial charge on any atom is 0.224 e. The molecule has 6 heteroatoms. The fraction of sp³-hybridized carbons (Fsp3) is 0.667. The smallest absolute Gasteiger partial charge is 0.224 e. The second-order valence-corrected chi connectivity index (χ2v) is 8.09. The van der Waals surface area contributed by atoms with E-state index in [0.717, 1.165) is 19.6 Å². The van der Waals surface area contributed by atoms with Gasteiger partial charge in [0.25, 0.3) is 0 Å². The molecule has 2 aliphatic rings. The van der Waals surface area contributed by atoms with Crippen molar-refractivity contribution in [2.45, 2.75) is 31.7 Å². The van der Waals surface area contributed by atoms with E-state index in [1.807, 2.05) is 16.2 Å². The molecular formula is C15H21BrN2O2S. The Hall–Kier alpha value is -0.430. The van der Waals surface area contributed by atoms with Gasteiger partial charge >= 0.3 is 0 Å². The van der Waals surface area contributed by atoms with Crippen LogP contribution < -0.4 is 5.32 Å². The van der Waals surface area contributed by atoms with Crippen molar-refractivity contribution in [1.82, 2.24) is 10.2 Å². The fourth-order valence-electron chi connectivity index (χ4n) is 3.06. The summed E-state index contributed by atoms with van der Waals surface area (Å²) in [5.74, 6) is 0.244. The van der Waals surface area contributed by atoms with Crippen LogP contribution in [0.4, 0.5) is 0 Å². The minimum absolute atomic E-state index is 0.244. The monoisotopic (exact) mass is 372 g/mol. The van der Waals surface area contributed by atoms with Crippen LogP contribution in [0.2, 0.25) is 0 Å². The Bertz CT molecular complexity index is 500. The lowest BCUT2D eigenvalue weighted by atomic mass is 9.94. The zero-order valence-corrected chi connectivity index (χ0v) is 14.5. The Morgan fingerprint density at radius 2 is 2.29 bits per heavy atom. The van der Waals surface area contributed by atoms with E-state index < -0.39 is 0 Å². The molecular weight excluding hydrogens is 352 g/mol. The molecule has 116 valence electrons. The maximum atomic E-state index is 12.1. The number of fused-ring (bicyclic) bond motifs is 1. The van der Waals surface area contributed by atoms with E-state index in [4.69, 9.17) is 4.74 Å². The number of morpholine rings is 1. The van der Waals surface area contributed by atoms with Crippen molar-refractivity contribution in [3.05, 3.63) is 20.3 Å². The molecule has 1 unspecified atom stereocenters. The van der Waals surface area contributed by atoms with E-state index in [2.05, 4.69) is 27.3 Å². The highest BCUT2D eigenvalue weighted by Gasteiger charge is 2.23. The van der Waals surface area contributed by atoms with Crippen molar-refractivity contribution in [1.29, 1.82) is 0 Å². The van der Waals surface area contributed by atoms with Crippen molar-refractivity contribution >= 4 is 33.2 Å². The first-order valence-corrected chi connectivity index (χ1v) is 9.22. The molecule has 0 bridgehead atoms. The Morgan fingerprint density at radius 1 is 1.48 bits per heavy atom. The van der Waals surface area contributed by atoms with Gasteiger partial charge in [-0.25, -0.2) is 0 Å². The van der Waals surface area contributed by atoms with Gasteiger partial charge in [-0.3, -0.25) is 4.79 Å². The summed E-state index contributed by atoms with van der Waals surface area (Å²) in [7, 11) is 0. The highest BCUT2D eigenvalue weighted by molar-refractivity contribution is 9.11. The van der Waals surface area contributed by atoms with Gasteiger partial charge in [0.15, 0.2) is 0 Å². The van der Waals surface area contributed by atoms with Gasteiger partial charge in [-0.1, -0.05) is 0 Å². The van der Waals surface area contributed by atoms with Gasteiger partial charge in [0.05, 0.1) is 17.0 Å². The van der Waals surface area contributed by atoms with Crippen LogP contribution in [0.3, 0.4) is 0 Å². The minimum Gasteiger partial charge on any atom is -0.378 e. The van der Waals surface area contributed by atoms with E-state index in [1.54, 1.807) is 0 Å². The summed E-state index contributed by atoms with van der Waals surface area (Å²) in [6, 6.07) is 2.65. The molecule has 1 atom stereocenters. The average Bonchev–Trinajstić information content (AvgIpc) is 2.89. The lowest BCUT2D eigenvalue weighted by Gasteiger charge is -2.28. The van der Waals surface area contributed by atoms with Gasteiger partial charge in [0.2, 0.25) is 5.91 Å². The summed E-state index contributed by atoms with van der Waals surface area (Å²) in [6.45, 7) is 3.59. The Morgan fingerprint density at radius 3 is 3.10 bits per heavy atom. The summed E-state index contributed by atoms with van der Waals surface area (Å²) < 4.78 is 6.49. The van der Waals surface area contributed by atoms with E-state index in [9.17, 15) is 4.79 Å². The SMILES string of the molecule is O=C(CCNC1CCCc2sc(Br)cc21)N1CCOCC1. The zero-order chi connectivity index (χ0) is 14.7. The van der Waals surface area contributed by atoms with Crippen LogP contribution in [0, 0.1) is 0 Å². The largest absolute Gasteiger partial charge is 0.378 e. The first kappa shape index (κ1) is 15.5. The number of thiophene rings is 1. The van der Waals surface area contributed by atoms with Crippen LogP contribution in [0.25, 0.3) is 0 Å². The lowest BCUT2D eigenvalue weighted by molar-refractivity contribution is -0.135. The number of ether oxygens (including phenoxy) is 1. The molecule has 0 aromatic carbocycles. The molecule has 0 radical (unpaired) electrons. The Labute approximate surface area is 138 Å². The minimum atomic E-state index is 0.244. The molecule has 1 amide bonds. The number of amides is 1. The van der Waals surface area contributed by atoms with Gasteiger partial charge in [-0.2, -0.15) is 0 Å². The molecule has 3 rings (SSSR count). The fourth-order valence-corrected chi connectivity index (χ4v) is 4.88. The number of rotatable bonds is 4. The van der Waals surface area contributed by atoms with Crippen LogP contribution in [0.15, 0.2) is 9.85 Å². The van der Waals surface area contributed by atoms with Crippen LogP contribution in [-0.4, -0.2) is 43.7 Å². The average molecular weight is 373 g/mol. The summed E-state index contributed by atoms with van der Waals surface area (Å²) >= 11 is 5.43. The first-order chi connectivity index (χ1) is 10.2. The molecule has 1 saturated heterocycles. The second kappa shape index (κ2) is 7.22. The molecule has 1 aliphatic heterocycles. The molecule has 1 aliphatic carbocycles. The first-order valence-electron chi connectivity index (χ1n) is 7.61. The van der Waals surface area contributed by atoms with Crippen molar-refractivity contribution in [3.8, 4) is 0 Å². The van der Waals surface area contributed by atoms with E-state index in [0.29, 0.717) is 25.7 Å². The predicted molar refractivity (Wildman–Crippen MR) is 87.7 cm³/mol. The van der Waals surface area contributed by atoms with Crippen molar-refractivity contribution in [3.63, 3.8) is 0 Å². The van der Waals surface area contributed by atoms with Gasteiger partial charge in [-0.05, 0) is 46.8 Å². The Balaban J connectivity index is 1.48. The van der Waals surface area contributed by atoms with Crippen molar-refractivity contribution in [2.24, 2.45) is 0 Å². The molecule has 21 heavy (non-hydrogen) atoms. The van der Waals surface area contributed by atoms with Crippen LogP contribution >= 0.6 is 27.3 Å². The van der Waals surface area contributed by atoms with E-state index in [1.165, 1.54) is 33.5 Å². The van der Waals surface area contributed by atoms with E-state index in [-0.39, 0.29) is 5.91 Å². The molecule has 1 fully saturated rings. The molecule has 0 spiro atoms. The highest BCUT2D eigenvalue weighted by Crippen LogP contribution is 2.37. The third-order valence-electron chi connectivity index (χ3n) is 4.18. The molecule has 1 N–H and O–H groups in total. The number of halogens is 1. The number of hydrogen-bond acceptors (Lipinski definition) is 4. The maximum absolute atomic E-state index is 12.1. The quantitative estimate of drug-likeness (QED) is 0.883. The predicted octanol–water partition coefficient (Wildman–Crippen LogP) is 2.73. The summed E-state index contributed by atoms with van der Waals surface area (Å²) in [5, 5.41) is 3.57. The topological polar surface area (TPSA) is 41.6 Å². The summed E-state index contributed by atoms with van der Waals surface area (Å²) in [4.78, 5) is 15.5. The standard InChI is InChI=1S/C15H21BrN2O2S/c16-14-10-11-12(2-1-3-13(11)21-14)17-5-4-15(19)18-6-8-20-9-7-18/h10,12,17H,1-9H2. The second-order valence-electron chi connectivity index (χ2n) is 5.57. The number of nitrogens with one attached hydrogen (secondary N) is 1. The Kier molecular flexibility index (Phi) is 5.32. The highest BCUT2D eigenvalue weighted by atomic mass is 79.9. The molecule has 2 heterocycles. The van der Waals surface area contributed by atoms with Crippen molar-refractivity contribution < 1.29 is 9.53 Å². The lowest BCUT2D eigenvalue weighted by Crippen LogP contribution is -2.41. The van der Waals surface area contributed by atoms with Gasteiger partial charge < -0.3 is 15.0 Å². The number of carbonyl (C=O) groups excluding carboxylic acids is 1. The summed E-state index contributed by atoms with van der Waals surface area (Å²) in [5.41, 5.74) is 1.43. The van der Waals surface area contributed by atoms with Crippen molar-refractivity contribution in [2.75, 3.05) is 32.8 Å². The molecule has 1 aromatic rings. The molecule has 4 nitrogen and oxygen atoms in total. The number of carbonyl (C=O) groups is 1. The summed E-state index contributed by atoms with van der Waals surface area (Å²) in [6.07, 6.45) is 4.17.